The van der Waals surface area contributed by atoms with Crippen LogP contribution in [0.25, 0.3) is 0 Å². The number of benzene rings is 1. The molecule has 0 saturated heterocycles. The number of hydrogen-bond donors (Lipinski definition) is 2. The molecule has 18 heavy (non-hydrogen) atoms. The molecule has 0 saturated carbocycles. The summed E-state index contributed by atoms with van der Waals surface area (Å²) in [5.41, 5.74) is 3.66. The van der Waals surface area contributed by atoms with Crippen molar-refractivity contribution in [1.29, 1.82) is 0 Å². The lowest BCUT2D eigenvalue weighted by Crippen LogP contribution is -2.44. The molecule has 0 bridgehead atoms. The smallest absolute Gasteiger partial charge is 0.234 e. The maximum absolute atomic E-state index is 11.6. The van der Waals surface area contributed by atoms with Gasteiger partial charge in [-0.1, -0.05) is 18.2 Å². The molecule has 1 amide bonds. The van der Waals surface area contributed by atoms with Crippen molar-refractivity contribution in [3.63, 3.8) is 0 Å². The minimum atomic E-state index is -0.169. The summed E-state index contributed by atoms with van der Waals surface area (Å²) in [6.07, 6.45) is 0. The van der Waals surface area contributed by atoms with E-state index < -0.39 is 0 Å². The lowest BCUT2D eigenvalue weighted by Gasteiger charge is -2.20. The van der Waals surface area contributed by atoms with E-state index in [1.807, 2.05) is 20.8 Å². The summed E-state index contributed by atoms with van der Waals surface area (Å²) in [6.45, 7) is 11.2. The molecule has 0 atom stereocenters. The zero-order valence-corrected chi connectivity index (χ0v) is 12.1. The largest absolute Gasteiger partial charge is 0.350 e. The molecule has 0 aliphatic rings. The zero-order valence-electron chi connectivity index (χ0n) is 12.1. The van der Waals surface area contributed by atoms with Gasteiger partial charge in [-0.3, -0.25) is 4.79 Å². The number of rotatable bonds is 4. The standard InChI is InChI=1S/C15H24N2O/c1-11-7-6-8-13(12(11)2)9-16-10-14(18)17-15(3,4)5/h6-8,16H,9-10H2,1-5H3,(H,17,18). The number of nitrogens with one attached hydrogen (secondary N) is 2. The van der Waals surface area contributed by atoms with Crippen molar-refractivity contribution in [2.45, 2.75) is 46.7 Å². The summed E-state index contributed by atoms with van der Waals surface area (Å²) in [4.78, 5) is 11.6. The average molecular weight is 248 g/mol. The van der Waals surface area contributed by atoms with Gasteiger partial charge in [0.25, 0.3) is 0 Å². The van der Waals surface area contributed by atoms with Crippen molar-refractivity contribution in [3.8, 4) is 0 Å². The van der Waals surface area contributed by atoms with E-state index in [9.17, 15) is 4.79 Å². The summed E-state index contributed by atoms with van der Waals surface area (Å²) in [5, 5.41) is 6.11. The minimum absolute atomic E-state index is 0.0350. The van der Waals surface area contributed by atoms with Crippen LogP contribution in [0.1, 0.15) is 37.5 Å². The van der Waals surface area contributed by atoms with E-state index in [0.717, 1.165) is 6.54 Å². The molecule has 0 aliphatic heterocycles. The third-order valence-corrected chi connectivity index (χ3v) is 2.83. The lowest BCUT2D eigenvalue weighted by atomic mass is 10.0. The normalized spacial score (nSPS) is 11.4. The molecule has 0 unspecified atom stereocenters. The highest BCUT2D eigenvalue weighted by molar-refractivity contribution is 5.78. The summed E-state index contributed by atoms with van der Waals surface area (Å²) < 4.78 is 0. The van der Waals surface area contributed by atoms with E-state index >= 15 is 0 Å². The first kappa shape index (κ1) is 14.7. The highest BCUT2D eigenvalue weighted by atomic mass is 16.2. The van der Waals surface area contributed by atoms with Crippen LogP contribution in [0.2, 0.25) is 0 Å². The van der Waals surface area contributed by atoms with Crippen LogP contribution in [-0.2, 0) is 11.3 Å². The predicted octanol–water partition coefficient (Wildman–Crippen LogP) is 2.31. The number of carbonyl (C=O) groups is 1. The first-order valence-corrected chi connectivity index (χ1v) is 6.36. The van der Waals surface area contributed by atoms with Crippen LogP contribution in [0.15, 0.2) is 18.2 Å². The highest BCUT2D eigenvalue weighted by Crippen LogP contribution is 2.11. The first-order valence-electron chi connectivity index (χ1n) is 6.36. The lowest BCUT2D eigenvalue weighted by molar-refractivity contribution is -0.121. The Hall–Kier alpha value is -1.35. The van der Waals surface area contributed by atoms with E-state index in [4.69, 9.17) is 0 Å². The van der Waals surface area contributed by atoms with Gasteiger partial charge in [-0.2, -0.15) is 0 Å². The van der Waals surface area contributed by atoms with E-state index in [1.165, 1.54) is 16.7 Å². The van der Waals surface area contributed by atoms with Gasteiger partial charge in [-0.25, -0.2) is 0 Å². The van der Waals surface area contributed by atoms with E-state index in [2.05, 4.69) is 42.7 Å². The Morgan fingerprint density at radius 2 is 1.89 bits per heavy atom. The second-order valence-electron chi connectivity index (χ2n) is 5.76. The van der Waals surface area contributed by atoms with Crippen LogP contribution in [0.4, 0.5) is 0 Å². The molecule has 0 spiro atoms. The highest BCUT2D eigenvalue weighted by Gasteiger charge is 2.12. The fourth-order valence-corrected chi connectivity index (χ4v) is 1.78. The summed E-state index contributed by atoms with van der Waals surface area (Å²) in [6, 6.07) is 6.25. The van der Waals surface area contributed by atoms with Crippen molar-refractivity contribution >= 4 is 5.91 Å². The zero-order chi connectivity index (χ0) is 13.8. The quantitative estimate of drug-likeness (QED) is 0.858. The van der Waals surface area contributed by atoms with Crippen molar-refractivity contribution in [2.75, 3.05) is 6.54 Å². The van der Waals surface area contributed by atoms with Gasteiger partial charge in [0.1, 0.15) is 0 Å². The van der Waals surface area contributed by atoms with Gasteiger partial charge in [0.05, 0.1) is 6.54 Å². The fourth-order valence-electron chi connectivity index (χ4n) is 1.78. The molecule has 1 aromatic carbocycles. The summed E-state index contributed by atoms with van der Waals surface area (Å²) in [5.74, 6) is 0.0350. The predicted molar refractivity (Wildman–Crippen MR) is 75.5 cm³/mol. The molecule has 0 aromatic heterocycles. The Morgan fingerprint density at radius 1 is 1.22 bits per heavy atom. The fraction of sp³-hybridized carbons (Fsp3) is 0.533. The molecule has 0 fully saturated rings. The van der Waals surface area contributed by atoms with Gasteiger partial charge in [0, 0.05) is 12.1 Å². The summed E-state index contributed by atoms with van der Waals surface area (Å²) >= 11 is 0. The van der Waals surface area contributed by atoms with Gasteiger partial charge in [-0.05, 0) is 51.3 Å². The van der Waals surface area contributed by atoms with Crippen LogP contribution >= 0.6 is 0 Å². The average Bonchev–Trinajstić information content (AvgIpc) is 2.21. The third kappa shape index (κ3) is 4.88. The Balaban J connectivity index is 2.43. The second kappa shape index (κ2) is 6.01. The number of carbonyl (C=O) groups excluding carboxylic acids is 1. The molecule has 3 heteroatoms. The topological polar surface area (TPSA) is 41.1 Å². The number of aryl methyl sites for hydroxylation is 1. The Kier molecular flexibility index (Phi) is 4.91. The van der Waals surface area contributed by atoms with E-state index in [-0.39, 0.29) is 11.4 Å². The molecule has 0 radical (unpaired) electrons. The van der Waals surface area contributed by atoms with Crippen molar-refractivity contribution in [3.05, 3.63) is 34.9 Å². The Labute approximate surface area is 110 Å². The minimum Gasteiger partial charge on any atom is -0.350 e. The van der Waals surface area contributed by atoms with Crippen LogP contribution in [0, 0.1) is 13.8 Å². The Bertz CT molecular complexity index is 419. The van der Waals surface area contributed by atoms with E-state index in [1.54, 1.807) is 0 Å². The molecule has 100 valence electrons. The van der Waals surface area contributed by atoms with Crippen LogP contribution in [0.3, 0.4) is 0 Å². The third-order valence-electron chi connectivity index (χ3n) is 2.83. The maximum atomic E-state index is 11.6. The van der Waals surface area contributed by atoms with E-state index in [0.29, 0.717) is 6.54 Å². The van der Waals surface area contributed by atoms with Gasteiger partial charge < -0.3 is 10.6 Å². The molecular formula is C15H24N2O. The SMILES string of the molecule is Cc1cccc(CNCC(=O)NC(C)(C)C)c1C. The van der Waals surface area contributed by atoms with Crippen LogP contribution < -0.4 is 10.6 Å². The molecule has 2 N–H and O–H groups in total. The maximum Gasteiger partial charge on any atom is 0.234 e. The van der Waals surface area contributed by atoms with Crippen molar-refractivity contribution < 1.29 is 4.79 Å². The number of hydrogen-bond acceptors (Lipinski definition) is 2. The molecule has 0 heterocycles. The molecule has 3 nitrogen and oxygen atoms in total. The Morgan fingerprint density at radius 3 is 2.50 bits per heavy atom. The summed E-state index contributed by atoms with van der Waals surface area (Å²) in [7, 11) is 0. The van der Waals surface area contributed by atoms with Gasteiger partial charge in [-0.15, -0.1) is 0 Å². The van der Waals surface area contributed by atoms with Gasteiger partial charge in [0.15, 0.2) is 0 Å². The van der Waals surface area contributed by atoms with Crippen molar-refractivity contribution in [2.24, 2.45) is 0 Å². The molecule has 0 aliphatic carbocycles. The van der Waals surface area contributed by atoms with Gasteiger partial charge >= 0.3 is 0 Å². The van der Waals surface area contributed by atoms with Crippen LogP contribution in [0.5, 0.6) is 0 Å². The van der Waals surface area contributed by atoms with Gasteiger partial charge in [0.2, 0.25) is 5.91 Å². The second-order valence-corrected chi connectivity index (χ2v) is 5.76. The molecule has 1 rings (SSSR count). The first-order chi connectivity index (χ1) is 8.29. The number of amides is 1. The molecular weight excluding hydrogens is 224 g/mol. The van der Waals surface area contributed by atoms with Crippen molar-refractivity contribution in [1.82, 2.24) is 10.6 Å². The monoisotopic (exact) mass is 248 g/mol. The van der Waals surface area contributed by atoms with Crippen LogP contribution in [-0.4, -0.2) is 18.0 Å². The molecule has 1 aromatic rings.